The van der Waals surface area contributed by atoms with E-state index in [0.29, 0.717) is 19.4 Å². The van der Waals surface area contributed by atoms with E-state index >= 15 is 0 Å². The minimum Gasteiger partial charge on any atom is -0.480 e. The van der Waals surface area contributed by atoms with Gasteiger partial charge in [-0.05, 0) is 36.2 Å². The summed E-state index contributed by atoms with van der Waals surface area (Å²) in [4.78, 5) is 70.0. The van der Waals surface area contributed by atoms with E-state index in [9.17, 15) is 29.1 Å². The Morgan fingerprint density at radius 3 is 2.02 bits per heavy atom. The zero-order valence-electron chi connectivity index (χ0n) is 32.7. The number of amides is 4. The molecule has 1 heterocycles. The maximum absolute atomic E-state index is 14.1. The van der Waals surface area contributed by atoms with Crippen molar-refractivity contribution < 1.29 is 38.6 Å². The maximum Gasteiger partial charge on any atom is 0.326 e. The summed E-state index contributed by atoms with van der Waals surface area (Å²) < 4.78 is 11.8. The Labute approximate surface area is 305 Å². The molecule has 12 nitrogen and oxygen atoms in total. The van der Waals surface area contributed by atoms with Crippen LogP contribution >= 0.6 is 0 Å². The minimum atomic E-state index is -1.14. The smallest absolute Gasteiger partial charge is 0.326 e. The molecule has 0 bridgehead atoms. The van der Waals surface area contributed by atoms with Crippen LogP contribution < -0.4 is 10.6 Å². The summed E-state index contributed by atoms with van der Waals surface area (Å²) in [6.07, 6.45) is 0.867. The number of likely N-dealkylation sites (N-methyl/N-ethyl adjacent to an activating group) is 1. The van der Waals surface area contributed by atoms with E-state index in [1.807, 2.05) is 78.8 Å². The predicted octanol–water partition coefficient (Wildman–Crippen LogP) is 4.15. The van der Waals surface area contributed by atoms with Crippen LogP contribution in [0, 0.1) is 29.6 Å². The molecule has 4 amide bonds. The Kier molecular flexibility index (Phi) is 17.6. The molecule has 2 unspecified atom stereocenters. The Morgan fingerprint density at radius 2 is 1.51 bits per heavy atom. The van der Waals surface area contributed by atoms with Gasteiger partial charge in [0.05, 0.1) is 36.6 Å². The summed E-state index contributed by atoms with van der Waals surface area (Å²) in [6, 6.07) is 6.36. The molecule has 3 N–H and O–H groups in total. The van der Waals surface area contributed by atoms with Gasteiger partial charge in [0.15, 0.2) is 0 Å². The van der Waals surface area contributed by atoms with Crippen LogP contribution in [-0.4, -0.2) is 109 Å². The Bertz CT molecular complexity index is 1290. The van der Waals surface area contributed by atoms with E-state index in [-0.39, 0.29) is 54.2 Å². The number of methoxy groups -OCH3 is 2. The predicted molar refractivity (Wildman–Crippen MR) is 197 cm³/mol. The molecule has 0 radical (unpaired) electrons. The number of carbonyl (C=O) groups is 5. The number of carboxylic acids is 1. The van der Waals surface area contributed by atoms with Gasteiger partial charge < -0.3 is 35.0 Å². The lowest BCUT2D eigenvalue weighted by molar-refractivity contribution is -0.148. The summed E-state index contributed by atoms with van der Waals surface area (Å²) in [5.41, 5.74) is 0.787. The molecule has 1 aromatic carbocycles. The third-order valence-electron chi connectivity index (χ3n) is 10.8. The van der Waals surface area contributed by atoms with Crippen LogP contribution in [0.2, 0.25) is 0 Å². The average molecular weight is 717 g/mol. The van der Waals surface area contributed by atoms with E-state index in [2.05, 4.69) is 10.6 Å². The highest BCUT2D eigenvalue weighted by Crippen LogP contribution is 2.30. The van der Waals surface area contributed by atoms with Crippen molar-refractivity contribution in [2.24, 2.45) is 29.6 Å². The Balaban J connectivity index is 2.25. The number of benzene rings is 1. The van der Waals surface area contributed by atoms with Gasteiger partial charge in [-0.2, -0.15) is 0 Å². The van der Waals surface area contributed by atoms with Gasteiger partial charge in [-0.3, -0.25) is 19.2 Å². The highest BCUT2D eigenvalue weighted by atomic mass is 16.5. The standard InChI is InChI=1S/C39H64N4O8/c1-12-25(6)34(42(9)38(47)33(24(4)5)41-36(45)26(7)23(2)3)31(50-10)22-32(44)43-20-16-19-30(43)35(51-11)27(8)37(46)40-29(39(48)49)21-28-17-14-13-15-18-28/h13-15,17-18,23-27,29-31,33-35H,12,16,19-22H2,1-11H3,(H,40,46)(H,41,45)(H,48,49)/t25?,26-,27+,29?,30-,31+,33-,34-,35+/m0/s1. The molecule has 1 aliphatic heterocycles. The van der Waals surface area contributed by atoms with Crippen LogP contribution in [-0.2, 0) is 39.9 Å². The van der Waals surface area contributed by atoms with Crippen molar-refractivity contribution in [1.82, 2.24) is 20.4 Å². The molecule has 0 spiro atoms. The molecule has 0 aliphatic carbocycles. The largest absolute Gasteiger partial charge is 0.480 e. The molecule has 1 aromatic rings. The number of carboxylic acid groups (broad SMARTS) is 1. The third-order valence-corrected chi connectivity index (χ3v) is 10.8. The second-order valence-corrected chi connectivity index (χ2v) is 14.9. The Morgan fingerprint density at radius 1 is 0.902 bits per heavy atom. The second-order valence-electron chi connectivity index (χ2n) is 14.9. The van der Waals surface area contributed by atoms with Gasteiger partial charge in [0.25, 0.3) is 0 Å². The first-order chi connectivity index (χ1) is 24.0. The first kappa shape index (κ1) is 43.7. The first-order valence-corrected chi connectivity index (χ1v) is 18.5. The molecule has 288 valence electrons. The molecule has 12 heteroatoms. The average Bonchev–Trinajstić information content (AvgIpc) is 3.59. The number of aliphatic carboxylic acids is 1. The summed E-state index contributed by atoms with van der Waals surface area (Å²) in [7, 11) is 4.75. The number of ether oxygens (including phenoxy) is 2. The number of nitrogens with zero attached hydrogens (tertiary/aromatic N) is 2. The summed E-state index contributed by atoms with van der Waals surface area (Å²) in [5, 5.41) is 15.5. The second kappa shape index (κ2) is 20.5. The van der Waals surface area contributed by atoms with Gasteiger partial charge >= 0.3 is 5.97 Å². The number of hydrogen-bond donors (Lipinski definition) is 3. The lowest BCUT2D eigenvalue weighted by Gasteiger charge is -2.41. The topological polar surface area (TPSA) is 155 Å². The summed E-state index contributed by atoms with van der Waals surface area (Å²) in [6.45, 7) is 15.8. The number of likely N-dealkylation sites (tertiary alicyclic amines) is 1. The van der Waals surface area contributed by atoms with Gasteiger partial charge in [-0.25, -0.2) is 4.79 Å². The maximum atomic E-state index is 14.1. The van der Waals surface area contributed by atoms with Gasteiger partial charge in [0.2, 0.25) is 23.6 Å². The number of nitrogens with one attached hydrogen (secondary N) is 2. The fraction of sp³-hybridized carbons (Fsp3) is 0.718. The molecule has 1 saturated heterocycles. The van der Waals surface area contributed by atoms with E-state index in [0.717, 1.165) is 12.0 Å². The van der Waals surface area contributed by atoms with Crippen LogP contribution in [0.5, 0.6) is 0 Å². The van der Waals surface area contributed by atoms with Crippen molar-refractivity contribution in [3.8, 4) is 0 Å². The van der Waals surface area contributed by atoms with Crippen molar-refractivity contribution in [3.63, 3.8) is 0 Å². The third kappa shape index (κ3) is 11.8. The van der Waals surface area contributed by atoms with Crippen LogP contribution in [0.1, 0.15) is 86.6 Å². The SMILES string of the molecule is CCC(C)[C@@H]([C@@H](CC(=O)N1CCC[C@H]1[C@H](OC)[C@@H](C)C(=O)NC(Cc1ccccc1)C(=O)O)OC)N(C)C(=O)[C@@H](NC(=O)[C@@H](C)C(C)C)C(C)C. The molecule has 0 saturated carbocycles. The minimum absolute atomic E-state index is 0.00209. The lowest BCUT2D eigenvalue weighted by Crippen LogP contribution is -2.58. The highest BCUT2D eigenvalue weighted by molar-refractivity contribution is 5.89. The molecule has 1 fully saturated rings. The van der Waals surface area contributed by atoms with Gasteiger partial charge in [-0.1, -0.05) is 92.1 Å². The van der Waals surface area contributed by atoms with Crippen LogP contribution in [0.15, 0.2) is 30.3 Å². The molecule has 2 rings (SSSR count). The quantitative estimate of drug-likeness (QED) is 0.182. The Hall–Kier alpha value is -3.51. The van der Waals surface area contributed by atoms with E-state index in [1.165, 1.54) is 14.2 Å². The lowest BCUT2D eigenvalue weighted by atomic mass is 9.89. The molecular formula is C39H64N4O8. The van der Waals surface area contributed by atoms with E-state index < -0.39 is 54.2 Å². The number of rotatable bonds is 20. The van der Waals surface area contributed by atoms with Gasteiger partial charge in [0, 0.05) is 40.2 Å². The van der Waals surface area contributed by atoms with Crippen LogP contribution in [0.4, 0.5) is 0 Å². The van der Waals surface area contributed by atoms with E-state index in [4.69, 9.17) is 9.47 Å². The highest BCUT2D eigenvalue weighted by Gasteiger charge is 2.43. The van der Waals surface area contributed by atoms with Crippen molar-refractivity contribution in [1.29, 1.82) is 0 Å². The van der Waals surface area contributed by atoms with Crippen molar-refractivity contribution in [3.05, 3.63) is 35.9 Å². The number of hydrogen-bond acceptors (Lipinski definition) is 7. The zero-order chi connectivity index (χ0) is 38.6. The van der Waals surface area contributed by atoms with Crippen molar-refractivity contribution in [2.75, 3.05) is 27.8 Å². The molecule has 1 aliphatic rings. The normalized spacial score (nSPS) is 19.4. The first-order valence-electron chi connectivity index (χ1n) is 18.5. The summed E-state index contributed by atoms with van der Waals surface area (Å²) in [5.74, 6) is -3.27. The van der Waals surface area contributed by atoms with Gasteiger partial charge in [-0.15, -0.1) is 0 Å². The summed E-state index contributed by atoms with van der Waals surface area (Å²) >= 11 is 0. The fourth-order valence-electron chi connectivity index (χ4n) is 6.98. The molecule has 9 atom stereocenters. The molecule has 51 heavy (non-hydrogen) atoms. The van der Waals surface area contributed by atoms with Crippen molar-refractivity contribution in [2.45, 2.75) is 124 Å². The molecule has 0 aromatic heterocycles. The fourth-order valence-corrected chi connectivity index (χ4v) is 6.98. The van der Waals surface area contributed by atoms with Crippen LogP contribution in [0.3, 0.4) is 0 Å². The molecular weight excluding hydrogens is 652 g/mol. The monoisotopic (exact) mass is 716 g/mol. The van der Waals surface area contributed by atoms with Crippen molar-refractivity contribution >= 4 is 29.6 Å². The van der Waals surface area contributed by atoms with Gasteiger partial charge in [0.1, 0.15) is 12.1 Å². The zero-order valence-corrected chi connectivity index (χ0v) is 32.7. The van der Waals surface area contributed by atoms with Crippen LogP contribution in [0.25, 0.3) is 0 Å². The number of carbonyl (C=O) groups excluding carboxylic acids is 4. The van der Waals surface area contributed by atoms with E-state index in [1.54, 1.807) is 23.8 Å².